The van der Waals surface area contributed by atoms with Gasteiger partial charge in [-0.1, -0.05) is 61.0 Å². The van der Waals surface area contributed by atoms with Crippen LogP contribution in [0.3, 0.4) is 0 Å². The molecule has 1 aliphatic rings. The molecule has 0 spiro atoms. The number of hydrogen-bond acceptors (Lipinski definition) is 1. The van der Waals surface area contributed by atoms with E-state index in [1.165, 1.54) is 0 Å². The van der Waals surface area contributed by atoms with Gasteiger partial charge in [-0.3, -0.25) is 4.79 Å². The zero-order chi connectivity index (χ0) is 13.4. The molecule has 3 rings (SSSR count). The van der Waals surface area contributed by atoms with Gasteiger partial charge in [0, 0.05) is 17.9 Å². The molecule has 2 aromatic rings. The van der Waals surface area contributed by atoms with Gasteiger partial charge >= 0.3 is 0 Å². The van der Waals surface area contributed by atoms with E-state index in [0.29, 0.717) is 16.5 Å². The molecule has 0 aliphatic heterocycles. The minimum absolute atomic E-state index is 0. The number of benzene rings is 2. The first-order chi connectivity index (χ1) is 9.16. The number of ketones is 1. The van der Waals surface area contributed by atoms with Gasteiger partial charge in [0.05, 0.1) is 10.0 Å². The van der Waals surface area contributed by atoms with Crippen LogP contribution in [0.15, 0.2) is 42.5 Å². The van der Waals surface area contributed by atoms with Crippen molar-refractivity contribution >= 4 is 29.0 Å². The molecule has 0 N–H and O–H groups in total. The molecule has 0 saturated carbocycles. The van der Waals surface area contributed by atoms with Crippen LogP contribution in [0.2, 0.25) is 10.0 Å². The molecule has 0 bridgehead atoms. The summed E-state index contributed by atoms with van der Waals surface area (Å²) in [5.74, 6) is 0.454. The van der Waals surface area contributed by atoms with E-state index in [1.54, 1.807) is 0 Å². The molecular weight excluding hydrogens is 291 g/mol. The Bertz CT molecular complexity index is 649. The Morgan fingerprint density at radius 1 is 1.00 bits per heavy atom. The standard InChI is InChI=1S/C16H12Cl2O.CH4/c17-14-7-5-10(9-15(14)18)11-6-8-16(19)13-4-2-1-3-12(11)13;/h1-5,7,9,11H,6,8H2;1H4/t11-;/m0./s1. The quantitative estimate of drug-likeness (QED) is 0.656. The van der Waals surface area contributed by atoms with Gasteiger partial charge in [0.15, 0.2) is 5.78 Å². The molecule has 1 nitrogen and oxygen atoms in total. The van der Waals surface area contributed by atoms with Gasteiger partial charge in [-0.25, -0.2) is 0 Å². The van der Waals surface area contributed by atoms with E-state index >= 15 is 0 Å². The van der Waals surface area contributed by atoms with E-state index in [4.69, 9.17) is 23.2 Å². The van der Waals surface area contributed by atoms with E-state index in [1.807, 2.05) is 42.5 Å². The van der Waals surface area contributed by atoms with Crippen molar-refractivity contribution in [3.8, 4) is 0 Å². The van der Waals surface area contributed by atoms with Gasteiger partial charge in [0.2, 0.25) is 0 Å². The fourth-order valence-electron chi connectivity index (χ4n) is 2.70. The maximum absolute atomic E-state index is 11.9. The Labute approximate surface area is 129 Å². The lowest BCUT2D eigenvalue weighted by Gasteiger charge is -2.25. The molecule has 0 saturated heterocycles. The normalized spacial score (nSPS) is 17.3. The molecule has 0 aromatic heterocycles. The third-order valence-electron chi connectivity index (χ3n) is 3.64. The third kappa shape index (κ3) is 2.61. The van der Waals surface area contributed by atoms with Crippen molar-refractivity contribution in [2.75, 3.05) is 0 Å². The predicted molar refractivity (Wildman–Crippen MR) is 85.0 cm³/mol. The zero-order valence-corrected chi connectivity index (χ0v) is 11.7. The topological polar surface area (TPSA) is 17.1 Å². The average Bonchev–Trinajstić information content (AvgIpc) is 2.43. The lowest BCUT2D eigenvalue weighted by atomic mass is 9.78. The van der Waals surface area contributed by atoms with Crippen molar-refractivity contribution < 1.29 is 4.79 Å². The fourth-order valence-corrected chi connectivity index (χ4v) is 3.00. The first kappa shape index (κ1) is 15.1. The molecular formula is C17H16Cl2O. The van der Waals surface area contributed by atoms with Gasteiger partial charge in [-0.15, -0.1) is 0 Å². The zero-order valence-electron chi connectivity index (χ0n) is 10.2. The number of Topliss-reactive ketones (excluding diaryl/α,β-unsaturated/α-hetero) is 1. The largest absolute Gasteiger partial charge is 0.294 e. The Hall–Kier alpha value is -1.31. The summed E-state index contributed by atoms with van der Waals surface area (Å²) in [6, 6.07) is 13.5. The Morgan fingerprint density at radius 3 is 2.50 bits per heavy atom. The van der Waals surface area contributed by atoms with Gasteiger partial charge < -0.3 is 0 Å². The molecule has 20 heavy (non-hydrogen) atoms. The van der Waals surface area contributed by atoms with Crippen LogP contribution in [0.5, 0.6) is 0 Å². The van der Waals surface area contributed by atoms with Crippen molar-refractivity contribution in [3.63, 3.8) is 0 Å². The number of rotatable bonds is 1. The predicted octanol–water partition coefficient (Wildman–Crippen LogP) is 5.74. The minimum atomic E-state index is 0. The minimum Gasteiger partial charge on any atom is -0.294 e. The van der Waals surface area contributed by atoms with Crippen LogP contribution in [-0.4, -0.2) is 5.78 Å². The molecule has 104 valence electrons. The summed E-state index contributed by atoms with van der Waals surface area (Å²) in [5, 5.41) is 1.12. The van der Waals surface area contributed by atoms with E-state index < -0.39 is 0 Å². The summed E-state index contributed by atoms with van der Waals surface area (Å²) >= 11 is 12.0. The second-order valence-electron chi connectivity index (χ2n) is 4.78. The van der Waals surface area contributed by atoms with Gasteiger partial charge in [-0.2, -0.15) is 0 Å². The highest BCUT2D eigenvalue weighted by Gasteiger charge is 2.26. The summed E-state index contributed by atoms with van der Waals surface area (Å²) < 4.78 is 0. The summed E-state index contributed by atoms with van der Waals surface area (Å²) in [5.41, 5.74) is 3.05. The average molecular weight is 307 g/mol. The van der Waals surface area contributed by atoms with Crippen LogP contribution in [0.1, 0.15) is 47.7 Å². The van der Waals surface area contributed by atoms with Gasteiger partial charge in [0.1, 0.15) is 0 Å². The van der Waals surface area contributed by atoms with Crippen LogP contribution < -0.4 is 0 Å². The molecule has 0 fully saturated rings. The molecule has 1 aliphatic carbocycles. The molecule has 0 amide bonds. The Morgan fingerprint density at radius 2 is 1.75 bits per heavy atom. The van der Waals surface area contributed by atoms with Crippen molar-refractivity contribution in [1.82, 2.24) is 0 Å². The first-order valence-corrected chi connectivity index (χ1v) is 6.99. The summed E-state index contributed by atoms with van der Waals surface area (Å²) in [6.07, 6.45) is 1.41. The molecule has 0 heterocycles. The Kier molecular flexibility index (Phi) is 4.52. The number of carbonyl (C=O) groups excluding carboxylic acids is 1. The summed E-state index contributed by atoms with van der Waals surface area (Å²) in [7, 11) is 0. The molecule has 3 heteroatoms. The number of halogens is 2. The molecule has 2 aromatic carbocycles. The SMILES string of the molecule is C.O=C1CC[C@@H](c2ccc(Cl)c(Cl)c2)c2ccccc21. The monoisotopic (exact) mass is 306 g/mol. The number of hydrogen-bond donors (Lipinski definition) is 0. The Balaban J connectivity index is 0.00000147. The second-order valence-corrected chi connectivity index (χ2v) is 5.59. The second kappa shape index (κ2) is 5.99. The maximum atomic E-state index is 11.9. The smallest absolute Gasteiger partial charge is 0.163 e. The molecule has 0 unspecified atom stereocenters. The van der Waals surface area contributed by atoms with E-state index in [9.17, 15) is 4.79 Å². The van der Waals surface area contributed by atoms with Crippen molar-refractivity contribution in [3.05, 3.63) is 69.2 Å². The van der Waals surface area contributed by atoms with Crippen molar-refractivity contribution in [1.29, 1.82) is 0 Å². The van der Waals surface area contributed by atoms with Crippen LogP contribution in [-0.2, 0) is 0 Å². The summed E-state index contributed by atoms with van der Waals surface area (Å²) in [6.45, 7) is 0. The lowest BCUT2D eigenvalue weighted by molar-refractivity contribution is 0.0969. The fraction of sp³-hybridized carbons (Fsp3) is 0.235. The van der Waals surface area contributed by atoms with Crippen LogP contribution >= 0.6 is 23.2 Å². The lowest BCUT2D eigenvalue weighted by Crippen LogP contribution is -2.16. The van der Waals surface area contributed by atoms with Gasteiger partial charge in [-0.05, 0) is 29.7 Å². The van der Waals surface area contributed by atoms with E-state index in [-0.39, 0.29) is 19.1 Å². The number of fused-ring (bicyclic) bond motifs is 1. The van der Waals surface area contributed by atoms with Crippen LogP contribution in [0.4, 0.5) is 0 Å². The molecule has 0 radical (unpaired) electrons. The highest BCUT2D eigenvalue weighted by atomic mass is 35.5. The van der Waals surface area contributed by atoms with Gasteiger partial charge in [0.25, 0.3) is 0 Å². The van der Waals surface area contributed by atoms with Crippen LogP contribution in [0.25, 0.3) is 0 Å². The van der Waals surface area contributed by atoms with Crippen molar-refractivity contribution in [2.45, 2.75) is 26.2 Å². The van der Waals surface area contributed by atoms with E-state index in [0.717, 1.165) is 23.1 Å². The first-order valence-electron chi connectivity index (χ1n) is 6.24. The van der Waals surface area contributed by atoms with Crippen LogP contribution in [0, 0.1) is 0 Å². The van der Waals surface area contributed by atoms with E-state index in [2.05, 4.69) is 0 Å². The molecule has 1 atom stereocenters. The third-order valence-corrected chi connectivity index (χ3v) is 4.38. The maximum Gasteiger partial charge on any atom is 0.163 e. The van der Waals surface area contributed by atoms with Crippen molar-refractivity contribution in [2.24, 2.45) is 0 Å². The summed E-state index contributed by atoms with van der Waals surface area (Å²) in [4.78, 5) is 11.9. The highest BCUT2D eigenvalue weighted by molar-refractivity contribution is 6.42. The highest BCUT2D eigenvalue weighted by Crippen LogP contribution is 2.38. The number of carbonyl (C=O) groups is 1.